The first-order chi connectivity index (χ1) is 11.5. The predicted molar refractivity (Wildman–Crippen MR) is 92.4 cm³/mol. The fraction of sp³-hybridized carbons (Fsp3) is 0.562. The Labute approximate surface area is 142 Å². The molecule has 24 heavy (non-hydrogen) atoms. The number of hydrogen-bond acceptors (Lipinski definition) is 5. The highest BCUT2D eigenvalue weighted by atomic mass is 32.2. The quantitative estimate of drug-likeness (QED) is 0.866. The fourth-order valence-corrected chi connectivity index (χ4v) is 4.81. The monoisotopic (exact) mass is 353 g/mol. The number of urea groups is 1. The molecule has 2 aliphatic heterocycles. The van der Waals surface area contributed by atoms with Crippen LogP contribution >= 0.6 is 0 Å². The van der Waals surface area contributed by atoms with Crippen LogP contribution in [0, 0.1) is 0 Å². The number of benzene rings is 1. The molecular weight excluding hydrogens is 330 g/mol. The summed E-state index contributed by atoms with van der Waals surface area (Å²) in [5.41, 5.74) is 1.11. The van der Waals surface area contributed by atoms with E-state index in [2.05, 4.69) is 10.2 Å². The predicted octanol–water partition coefficient (Wildman–Crippen LogP) is 0.714. The van der Waals surface area contributed by atoms with Gasteiger partial charge in [0, 0.05) is 37.9 Å². The minimum atomic E-state index is -2.97. The first-order valence-corrected chi connectivity index (χ1v) is 9.94. The van der Waals surface area contributed by atoms with Crippen molar-refractivity contribution in [1.82, 2.24) is 10.2 Å². The number of anilines is 1. The summed E-state index contributed by atoms with van der Waals surface area (Å²) in [6.07, 6.45) is 0.514. The number of nitrogens with one attached hydrogen (secondary N) is 1. The Balaban J connectivity index is 1.50. The van der Waals surface area contributed by atoms with E-state index < -0.39 is 9.84 Å². The standard InChI is InChI=1S/C16H23N3O4S/c1-23-15-4-2-14(3-5-15)18-7-9-19(10-8-18)16(20)17-13-6-11-24(21,22)12-13/h2-5,13H,6-12H2,1H3,(H,17,20). The third kappa shape index (κ3) is 3.92. The van der Waals surface area contributed by atoms with Gasteiger partial charge in [-0.25, -0.2) is 13.2 Å². The smallest absolute Gasteiger partial charge is 0.317 e. The van der Waals surface area contributed by atoms with E-state index in [4.69, 9.17) is 4.74 Å². The van der Waals surface area contributed by atoms with Gasteiger partial charge in [-0.3, -0.25) is 0 Å². The summed E-state index contributed by atoms with van der Waals surface area (Å²) in [7, 11) is -1.33. The third-order valence-corrected chi connectivity index (χ3v) is 6.33. The van der Waals surface area contributed by atoms with Crippen molar-refractivity contribution in [3.05, 3.63) is 24.3 Å². The number of sulfone groups is 1. The lowest BCUT2D eigenvalue weighted by atomic mass is 10.2. The maximum Gasteiger partial charge on any atom is 0.317 e. The number of methoxy groups -OCH3 is 1. The number of rotatable bonds is 3. The van der Waals surface area contributed by atoms with Crippen molar-refractivity contribution in [2.45, 2.75) is 12.5 Å². The zero-order valence-corrected chi connectivity index (χ0v) is 14.6. The van der Waals surface area contributed by atoms with Crippen molar-refractivity contribution in [3.8, 4) is 5.75 Å². The molecule has 1 aromatic rings. The van der Waals surface area contributed by atoms with Crippen molar-refractivity contribution >= 4 is 21.6 Å². The van der Waals surface area contributed by atoms with E-state index in [1.54, 1.807) is 12.0 Å². The molecule has 1 atom stereocenters. The van der Waals surface area contributed by atoms with Gasteiger partial charge in [0.15, 0.2) is 9.84 Å². The molecule has 2 heterocycles. The minimum Gasteiger partial charge on any atom is -0.497 e. The maximum atomic E-state index is 12.3. The Hall–Kier alpha value is -1.96. The second kappa shape index (κ2) is 6.88. The zero-order chi connectivity index (χ0) is 17.2. The Morgan fingerprint density at radius 1 is 1.17 bits per heavy atom. The van der Waals surface area contributed by atoms with Gasteiger partial charge in [0.2, 0.25) is 0 Å². The third-order valence-electron chi connectivity index (χ3n) is 4.56. The summed E-state index contributed by atoms with van der Waals surface area (Å²) in [6, 6.07) is 7.47. The van der Waals surface area contributed by atoms with E-state index in [0.29, 0.717) is 19.5 Å². The molecule has 1 aromatic carbocycles. The van der Waals surface area contributed by atoms with Gasteiger partial charge in [-0.1, -0.05) is 0 Å². The first-order valence-electron chi connectivity index (χ1n) is 8.12. The fourth-order valence-electron chi connectivity index (χ4n) is 3.14. The van der Waals surface area contributed by atoms with E-state index in [1.807, 2.05) is 24.3 Å². The maximum absolute atomic E-state index is 12.3. The Morgan fingerprint density at radius 3 is 2.38 bits per heavy atom. The Bertz CT molecular complexity index is 682. The summed E-state index contributed by atoms with van der Waals surface area (Å²) in [6.45, 7) is 2.75. The average Bonchev–Trinajstić information content (AvgIpc) is 2.93. The minimum absolute atomic E-state index is 0.0601. The van der Waals surface area contributed by atoms with Crippen LogP contribution in [0.2, 0.25) is 0 Å². The molecule has 2 aliphatic rings. The van der Waals surface area contributed by atoms with Crippen LogP contribution < -0.4 is 15.0 Å². The number of amides is 2. The molecule has 2 amide bonds. The largest absolute Gasteiger partial charge is 0.497 e. The van der Waals surface area contributed by atoms with Crippen LogP contribution in [0.4, 0.5) is 10.5 Å². The van der Waals surface area contributed by atoms with E-state index in [0.717, 1.165) is 24.5 Å². The lowest BCUT2D eigenvalue weighted by Crippen LogP contribution is -2.53. The summed E-state index contributed by atoms with van der Waals surface area (Å²) >= 11 is 0. The molecule has 0 radical (unpaired) electrons. The van der Waals surface area contributed by atoms with Crippen LogP contribution in [-0.2, 0) is 9.84 Å². The topological polar surface area (TPSA) is 79.0 Å². The second-order valence-corrected chi connectivity index (χ2v) is 8.45. The van der Waals surface area contributed by atoms with E-state index in [1.165, 1.54) is 0 Å². The molecule has 0 bridgehead atoms. The SMILES string of the molecule is COc1ccc(N2CCN(C(=O)NC3CCS(=O)(=O)C3)CC2)cc1. The highest BCUT2D eigenvalue weighted by Crippen LogP contribution is 2.20. The van der Waals surface area contributed by atoms with Gasteiger partial charge in [-0.15, -0.1) is 0 Å². The van der Waals surface area contributed by atoms with Gasteiger partial charge in [-0.05, 0) is 30.7 Å². The molecule has 7 nitrogen and oxygen atoms in total. The Kier molecular flexibility index (Phi) is 4.84. The van der Waals surface area contributed by atoms with Crippen LogP contribution in [0.5, 0.6) is 5.75 Å². The van der Waals surface area contributed by atoms with Crippen molar-refractivity contribution < 1.29 is 17.9 Å². The molecule has 132 valence electrons. The van der Waals surface area contributed by atoms with Gasteiger partial charge in [0.05, 0.1) is 18.6 Å². The van der Waals surface area contributed by atoms with Crippen LogP contribution in [-0.4, -0.2) is 70.2 Å². The summed E-state index contributed by atoms with van der Waals surface area (Å²) in [5, 5.41) is 2.85. The molecular formula is C16H23N3O4S. The molecule has 2 fully saturated rings. The Morgan fingerprint density at radius 2 is 1.83 bits per heavy atom. The number of hydrogen-bond donors (Lipinski definition) is 1. The van der Waals surface area contributed by atoms with E-state index in [9.17, 15) is 13.2 Å². The highest BCUT2D eigenvalue weighted by Gasteiger charge is 2.30. The van der Waals surface area contributed by atoms with Gasteiger partial charge >= 0.3 is 6.03 Å². The molecule has 1 N–H and O–H groups in total. The second-order valence-electron chi connectivity index (χ2n) is 6.22. The summed E-state index contributed by atoms with van der Waals surface area (Å²) in [5.74, 6) is 1.05. The number of nitrogens with zero attached hydrogens (tertiary/aromatic N) is 2. The molecule has 0 spiro atoms. The molecule has 8 heteroatoms. The molecule has 3 rings (SSSR count). The molecule has 0 aromatic heterocycles. The first kappa shape index (κ1) is 16.9. The van der Waals surface area contributed by atoms with Crippen molar-refractivity contribution in [2.75, 3.05) is 49.7 Å². The zero-order valence-electron chi connectivity index (χ0n) is 13.8. The van der Waals surface area contributed by atoms with Crippen LogP contribution in [0.1, 0.15) is 6.42 Å². The van der Waals surface area contributed by atoms with Gasteiger partial charge in [-0.2, -0.15) is 0 Å². The number of carbonyl (C=O) groups excluding carboxylic acids is 1. The normalized spacial score (nSPS) is 23.1. The van der Waals surface area contributed by atoms with Crippen LogP contribution in [0.3, 0.4) is 0 Å². The van der Waals surface area contributed by atoms with Crippen LogP contribution in [0.25, 0.3) is 0 Å². The lowest BCUT2D eigenvalue weighted by Gasteiger charge is -2.36. The van der Waals surface area contributed by atoms with E-state index in [-0.39, 0.29) is 23.6 Å². The highest BCUT2D eigenvalue weighted by molar-refractivity contribution is 7.91. The van der Waals surface area contributed by atoms with Crippen molar-refractivity contribution in [1.29, 1.82) is 0 Å². The number of piperazine rings is 1. The van der Waals surface area contributed by atoms with Crippen molar-refractivity contribution in [2.24, 2.45) is 0 Å². The van der Waals surface area contributed by atoms with Gasteiger partial charge < -0.3 is 19.9 Å². The molecule has 0 saturated carbocycles. The summed E-state index contributed by atoms with van der Waals surface area (Å²) < 4.78 is 28.1. The van der Waals surface area contributed by atoms with E-state index >= 15 is 0 Å². The van der Waals surface area contributed by atoms with Crippen molar-refractivity contribution in [3.63, 3.8) is 0 Å². The molecule has 0 aliphatic carbocycles. The number of carbonyl (C=O) groups is 1. The molecule has 2 saturated heterocycles. The molecule has 1 unspecified atom stereocenters. The van der Waals surface area contributed by atoms with Crippen LogP contribution in [0.15, 0.2) is 24.3 Å². The summed E-state index contributed by atoms with van der Waals surface area (Å²) in [4.78, 5) is 16.3. The van der Waals surface area contributed by atoms with Gasteiger partial charge in [0.1, 0.15) is 5.75 Å². The lowest BCUT2D eigenvalue weighted by molar-refractivity contribution is 0.191. The van der Waals surface area contributed by atoms with Gasteiger partial charge in [0.25, 0.3) is 0 Å². The number of ether oxygens (including phenoxy) is 1. The average molecular weight is 353 g/mol.